The van der Waals surface area contributed by atoms with Gasteiger partial charge in [-0.05, 0) is 57.3 Å². The predicted molar refractivity (Wildman–Crippen MR) is 111 cm³/mol. The molecule has 3 rings (SSSR count). The second kappa shape index (κ2) is 12.1. The number of imidazole rings is 1. The molecule has 0 atom stereocenters. The number of ether oxygens (including phenoxy) is 1. The van der Waals surface area contributed by atoms with Crippen LogP contribution >= 0.6 is 0 Å². The Morgan fingerprint density at radius 2 is 1.81 bits per heavy atom. The molecule has 2 heterocycles. The number of rotatable bonds is 8. The number of para-hydroxylation sites is 2. The smallest absolute Gasteiger partial charge is 0.113 e. The summed E-state index contributed by atoms with van der Waals surface area (Å²) in [7, 11) is 0. The lowest BCUT2D eigenvalue weighted by molar-refractivity contribution is 0.132. The van der Waals surface area contributed by atoms with Crippen molar-refractivity contribution < 1.29 is 4.74 Å². The third kappa shape index (κ3) is 6.10. The number of fused-ring (bicyclic) bond motifs is 1. The zero-order valence-electron chi connectivity index (χ0n) is 17.0. The van der Waals surface area contributed by atoms with Gasteiger partial charge in [-0.25, -0.2) is 4.98 Å². The zero-order chi connectivity index (χ0) is 18.6. The summed E-state index contributed by atoms with van der Waals surface area (Å²) in [4.78, 5) is 4.89. The van der Waals surface area contributed by atoms with Crippen LogP contribution in [0.1, 0.15) is 71.0 Å². The molecule has 0 spiro atoms. The largest absolute Gasteiger partial charge is 0.381 e. The number of hydrogen-bond donors (Lipinski definition) is 1. The highest BCUT2D eigenvalue weighted by Crippen LogP contribution is 2.28. The SMILES string of the molecule is CCCCOCCC.CCCn1c(C2CCNCC2)nc2ccccc21. The summed E-state index contributed by atoms with van der Waals surface area (Å²) in [5, 5.41) is 3.43. The van der Waals surface area contributed by atoms with E-state index in [9.17, 15) is 0 Å². The van der Waals surface area contributed by atoms with Crippen molar-refractivity contribution in [2.24, 2.45) is 0 Å². The molecule has 0 aliphatic carbocycles. The lowest BCUT2D eigenvalue weighted by Crippen LogP contribution is -2.28. The van der Waals surface area contributed by atoms with Crippen LogP contribution in [0.5, 0.6) is 0 Å². The minimum Gasteiger partial charge on any atom is -0.381 e. The average Bonchev–Trinajstić information content (AvgIpc) is 3.06. The van der Waals surface area contributed by atoms with Gasteiger partial charge in [0.2, 0.25) is 0 Å². The first-order chi connectivity index (χ1) is 12.8. The van der Waals surface area contributed by atoms with E-state index in [4.69, 9.17) is 9.72 Å². The highest BCUT2D eigenvalue weighted by atomic mass is 16.5. The molecule has 1 aromatic carbocycles. The molecule has 0 radical (unpaired) electrons. The summed E-state index contributed by atoms with van der Waals surface area (Å²) < 4.78 is 7.66. The van der Waals surface area contributed by atoms with Crippen molar-refractivity contribution in [2.45, 2.75) is 71.8 Å². The summed E-state index contributed by atoms with van der Waals surface area (Å²) >= 11 is 0. The Kier molecular flexibility index (Phi) is 9.72. The topological polar surface area (TPSA) is 39.1 Å². The number of aryl methyl sites for hydroxylation is 1. The highest BCUT2D eigenvalue weighted by Gasteiger charge is 2.21. The van der Waals surface area contributed by atoms with Crippen molar-refractivity contribution in [1.82, 2.24) is 14.9 Å². The fourth-order valence-corrected chi connectivity index (χ4v) is 3.44. The molecule has 0 saturated carbocycles. The van der Waals surface area contributed by atoms with Gasteiger partial charge in [0.25, 0.3) is 0 Å². The zero-order valence-corrected chi connectivity index (χ0v) is 17.0. The third-order valence-corrected chi connectivity index (χ3v) is 4.83. The van der Waals surface area contributed by atoms with Crippen LogP contribution in [-0.2, 0) is 11.3 Å². The number of nitrogens with one attached hydrogen (secondary N) is 1. The highest BCUT2D eigenvalue weighted by molar-refractivity contribution is 5.76. The molecule has 0 amide bonds. The van der Waals surface area contributed by atoms with Gasteiger partial charge in [0.15, 0.2) is 0 Å². The van der Waals surface area contributed by atoms with Gasteiger partial charge in [-0.2, -0.15) is 0 Å². The van der Waals surface area contributed by atoms with Gasteiger partial charge in [-0.15, -0.1) is 0 Å². The van der Waals surface area contributed by atoms with Gasteiger partial charge in [0.05, 0.1) is 11.0 Å². The Morgan fingerprint density at radius 1 is 1.04 bits per heavy atom. The van der Waals surface area contributed by atoms with Crippen LogP contribution in [0.4, 0.5) is 0 Å². The van der Waals surface area contributed by atoms with Crippen LogP contribution in [0.25, 0.3) is 11.0 Å². The molecule has 1 fully saturated rings. The van der Waals surface area contributed by atoms with Crippen LogP contribution in [-0.4, -0.2) is 35.9 Å². The van der Waals surface area contributed by atoms with Crippen molar-refractivity contribution >= 4 is 11.0 Å². The first-order valence-electron chi connectivity index (χ1n) is 10.5. The second-order valence-electron chi connectivity index (χ2n) is 7.10. The summed E-state index contributed by atoms with van der Waals surface area (Å²) in [5.41, 5.74) is 2.45. The molecular formula is C22H37N3O. The molecule has 146 valence electrons. The van der Waals surface area contributed by atoms with E-state index in [-0.39, 0.29) is 0 Å². The van der Waals surface area contributed by atoms with E-state index in [1.807, 2.05) is 0 Å². The van der Waals surface area contributed by atoms with Crippen LogP contribution < -0.4 is 5.32 Å². The normalized spacial score (nSPS) is 15.0. The first-order valence-corrected chi connectivity index (χ1v) is 10.5. The van der Waals surface area contributed by atoms with Crippen LogP contribution in [0.15, 0.2) is 24.3 Å². The van der Waals surface area contributed by atoms with Gasteiger partial charge in [-0.1, -0.05) is 39.3 Å². The molecule has 4 nitrogen and oxygen atoms in total. The number of unbranched alkanes of at least 4 members (excludes halogenated alkanes) is 1. The molecule has 1 aliphatic rings. The van der Waals surface area contributed by atoms with Crippen molar-refractivity contribution in [2.75, 3.05) is 26.3 Å². The minimum absolute atomic E-state index is 0.630. The van der Waals surface area contributed by atoms with E-state index < -0.39 is 0 Å². The van der Waals surface area contributed by atoms with E-state index in [2.05, 4.69) is 54.9 Å². The van der Waals surface area contributed by atoms with Gasteiger partial charge in [0, 0.05) is 25.7 Å². The second-order valence-corrected chi connectivity index (χ2v) is 7.10. The average molecular weight is 360 g/mol. The lowest BCUT2D eigenvalue weighted by Gasteiger charge is -2.23. The molecule has 4 heteroatoms. The summed E-state index contributed by atoms with van der Waals surface area (Å²) in [6.07, 6.45) is 7.19. The molecular weight excluding hydrogens is 322 g/mol. The van der Waals surface area contributed by atoms with Crippen molar-refractivity contribution in [1.29, 1.82) is 0 Å². The predicted octanol–water partition coefficient (Wildman–Crippen LogP) is 5.13. The summed E-state index contributed by atoms with van der Waals surface area (Å²) in [5.74, 6) is 1.93. The Morgan fingerprint density at radius 3 is 2.50 bits per heavy atom. The van der Waals surface area contributed by atoms with Crippen molar-refractivity contribution in [3.63, 3.8) is 0 Å². The number of benzene rings is 1. The van der Waals surface area contributed by atoms with Crippen molar-refractivity contribution in [3.8, 4) is 0 Å². The van der Waals surface area contributed by atoms with E-state index >= 15 is 0 Å². The van der Waals surface area contributed by atoms with E-state index in [0.717, 1.165) is 44.8 Å². The maximum absolute atomic E-state index is 5.22. The molecule has 1 saturated heterocycles. The van der Waals surface area contributed by atoms with Crippen LogP contribution in [0, 0.1) is 0 Å². The molecule has 1 aromatic heterocycles. The molecule has 26 heavy (non-hydrogen) atoms. The molecule has 0 bridgehead atoms. The van der Waals surface area contributed by atoms with Gasteiger partial charge >= 0.3 is 0 Å². The fourth-order valence-electron chi connectivity index (χ4n) is 3.44. The maximum Gasteiger partial charge on any atom is 0.113 e. The Hall–Kier alpha value is -1.39. The molecule has 0 unspecified atom stereocenters. The van der Waals surface area contributed by atoms with Crippen molar-refractivity contribution in [3.05, 3.63) is 30.1 Å². The quantitative estimate of drug-likeness (QED) is 0.664. The summed E-state index contributed by atoms with van der Waals surface area (Å²) in [6, 6.07) is 8.52. The van der Waals surface area contributed by atoms with Gasteiger partial charge in [-0.3, -0.25) is 0 Å². The Bertz CT molecular complexity index is 611. The maximum atomic E-state index is 5.22. The molecule has 2 aromatic rings. The fraction of sp³-hybridized carbons (Fsp3) is 0.682. The number of piperidine rings is 1. The van der Waals surface area contributed by atoms with Gasteiger partial charge < -0.3 is 14.6 Å². The number of aromatic nitrogens is 2. The van der Waals surface area contributed by atoms with Crippen LogP contribution in [0.3, 0.4) is 0 Å². The minimum atomic E-state index is 0.630. The summed E-state index contributed by atoms with van der Waals surface area (Å²) in [6.45, 7) is 11.8. The molecule has 1 aliphatic heterocycles. The standard InChI is InChI=1S/C15H21N3.C7H16O/c1-2-11-18-14-6-4-3-5-13(14)17-15(18)12-7-9-16-10-8-12;1-3-5-7-8-6-4-2/h3-6,12,16H,2,7-11H2,1H3;3-7H2,1-2H3. The monoisotopic (exact) mass is 359 g/mol. The molecule has 1 N–H and O–H groups in total. The van der Waals surface area contributed by atoms with Gasteiger partial charge in [0.1, 0.15) is 5.82 Å². The van der Waals surface area contributed by atoms with E-state index in [1.54, 1.807) is 0 Å². The Labute approximate surface area is 159 Å². The number of hydrogen-bond acceptors (Lipinski definition) is 3. The first kappa shape index (κ1) is 20.9. The van der Waals surface area contributed by atoms with E-state index in [0.29, 0.717) is 5.92 Å². The lowest BCUT2D eigenvalue weighted by atomic mass is 9.97. The number of nitrogens with zero attached hydrogens (tertiary/aromatic N) is 2. The van der Waals surface area contributed by atoms with E-state index in [1.165, 1.54) is 43.4 Å². The third-order valence-electron chi connectivity index (χ3n) is 4.83. The Balaban J connectivity index is 0.000000260. The van der Waals surface area contributed by atoms with Crippen LogP contribution in [0.2, 0.25) is 0 Å².